The molecule has 0 unspecified atom stereocenters. The predicted octanol–water partition coefficient (Wildman–Crippen LogP) is 2.30. The van der Waals surface area contributed by atoms with Crippen molar-refractivity contribution in [3.63, 3.8) is 0 Å². The van der Waals surface area contributed by atoms with Crippen molar-refractivity contribution in [1.82, 2.24) is 9.29 Å². The Hall–Kier alpha value is -0.650. The van der Waals surface area contributed by atoms with E-state index in [4.69, 9.17) is 11.6 Å². The van der Waals surface area contributed by atoms with Crippen LogP contribution in [0, 0.1) is 0 Å². The number of sulfonamides is 1. The average molecular weight is 275 g/mol. The highest BCUT2D eigenvalue weighted by molar-refractivity contribution is 7.89. The highest BCUT2D eigenvalue weighted by Gasteiger charge is 2.31. The molecule has 1 heterocycles. The highest BCUT2D eigenvalue weighted by Crippen LogP contribution is 2.29. The Kier molecular flexibility index (Phi) is 3.70. The van der Waals surface area contributed by atoms with E-state index in [1.165, 1.54) is 16.6 Å². The Labute approximate surface area is 107 Å². The van der Waals surface area contributed by atoms with E-state index >= 15 is 0 Å². The molecule has 0 atom stereocenters. The van der Waals surface area contributed by atoms with Gasteiger partial charge >= 0.3 is 0 Å². The van der Waals surface area contributed by atoms with Gasteiger partial charge in [0, 0.05) is 19.3 Å². The minimum Gasteiger partial charge on any atom is -0.243 e. The van der Waals surface area contributed by atoms with Gasteiger partial charge in [-0.2, -0.15) is 4.31 Å². The third-order valence-corrected chi connectivity index (χ3v) is 5.58. The molecule has 6 heteroatoms. The Morgan fingerprint density at radius 2 is 2.06 bits per heavy atom. The topological polar surface area (TPSA) is 50.3 Å². The van der Waals surface area contributed by atoms with E-state index in [2.05, 4.69) is 4.98 Å². The van der Waals surface area contributed by atoms with E-state index in [0.29, 0.717) is 0 Å². The number of nitrogens with zero attached hydrogens (tertiary/aromatic N) is 2. The lowest BCUT2D eigenvalue weighted by atomic mass is 10.3. The minimum absolute atomic E-state index is 0.0392. The molecule has 0 N–H and O–H groups in total. The molecular weight excluding hydrogens is 260 g/mol. The van der Waals surface area contributed by atoms with E-state index < -0.39 is 10.0 Å². The molecule has 1 saturated carbocycles. The van der Waals surface area contributed by atoms with Crippen LogP contribution in [0.3, 0.4) is 0 Å². The molecule has 0 aliphatic heterocycles. The van der Waals surface area contributed by atoms with Crippen molar-refractivity contribution >= 4 is 21.6 Å². The molecule has 1 aliphatic rings. The number of pyridine rings is 1. The predicted molar refractivity (Wildman–Crippen MR) is 66.5 cm³/mol. The van der Waals surface area contributed by atoms with Gasteiger partial charge in [-0.25, -0.2) is 13.4 Å². The molecule has 0 radical (unpaired) electrons. The second kappa shape index (κ2) is 4.92. The normalized spacial score (nSPS) is 17.8. The average Bonchev–Trinajstić information content (AvgIpc) is 2.81. The number of halogens is 1. The maximum absolute atomic E-state index is 12.3. The second-order valence-electron chi connectivity index (χ2n) is 4.25. The van der Waals surface area contributed by atoms with Crippen LogP contribution in [0.1, 0.15) is 25.7 Å². The van der Waals surface area contributed by atoms with Crippen molar-refractivity contribution in [2.45, 2.75) is 36.6 Å². The van der Waals surface area contributed by atoms with Crippen LogP contribution >= 0.6 is 11.6 Å². The van der Waals surface area contributed by atoms with Gasteiger partial charge in [-0.05, 0) is 25.0 Å². The monoisotopic (exact) mass is 274 g/mol. The first-order valence-corrected chi connectivity index (χ1v) is 7.44. The quantitative estimate of drug-likeness (QED) is 0.795. The van der Waals surface area contributed by atoms with Gasteiger partial charge in [0.1, 0.15) is 10.0 Å². The smallest absolute Gasteiger partial charge is 0.243 e. The van der Waals surface area contributed by atoms with Gasteiger partial charge in [0.25, 0.3) is 0 Å². The van der Waals surface area contributed by atoms with Gasteiger partial charge in [0.15, 0.2) is 0 Å². The van der Waals surface area contributed by atoms with Gasteiger partial charge in [0.05, 0.1) is 0 Å². The molecule has 2 rings (SSSR count). The summed E-state index contributed by atoms with van der Waals surface area (Å²) < 4.78 is 26.1. The number of hydrogen-bond donors (Lipinski definition) is 0. The standard InChI is InChI=1S/C11H15ClN2O2S/c1-14(9-5-2-3-6-9)17(15,16)10-7-4-8-13-11(10)12/h4,7-9H,2-3,5-6H2,1H3. The van der Waals surface area contributed by atoms with Crippen LogP contribution in [0.4, 0.5) is 0 Å². The molecule has 17 heavy (non-hydrogen) atoms. The summed E-state index contributed by atoms with van der Waals surface area (Å²) in [6, 6.07) is 3.17. The second-order valence-corrected chi connectivity index (χ2v) is 6.58. The molecule has 0 bridgehead atoms. The van der Waals surface area contributed by atoms with Crippen molar-refractivity contribution in [1.29, 1.82) is 0 Å². The molecule has 1 aromatic rings. The molecule has 94 valence electrons. The van der Waals surface area contributed by atoms with E-state index in [9.17, 15) is 8.42 Å². The summed E-state index contributed by atoms with van der Waals surface area (Å²) in [4.78, 5) is 3.91. The van der Waals surface area contributed by atoms with Crippen molar-refractivity contribution in [3.05, 3.63) is 23.5 Å². The van der Waals surface area contributed by atoms with Crippen molar-refractivity contribution in [3.8, 4) is 0 Å². The van der Waals surface area contributed by atoms with E-state index in [1.807, 2.05) is 0 Å². The zero-order valence-corrected chi connectivity index (χ0v) is 11.2. The fourth-order valence-corrected chi connectivity index (χ4v) is 4.02. The van der Waals surface area contributed by atoms with Crippen LogP contribution in [-0.2, 0) is 10.0 Å². The summed E-state index contributed by atoms with van der Waals surface area (Å²) in [6.07, 6.45) is 5.51. The summed E-state index contributed by atoms with van der Waals surface area (Å²) in [7, 11) is -1.89. The fourth-order valence-electron chi connectivity index (χ4n) is 2.18. The molecule has 0 saturated heterocycles. The summed E-state index contributed by atoms with van der Waals surface area (Å²) in [5.41, 5.74) is 0. The summed E-state index contributed by atoms with van der Waals surface area (Å²) in [5.74, 6) is 0. The van der Waals surface area contributed by atoms with Crippen molar-refractivity contribution < 1.29 is 8.42 Å². The Balaban J connectivity index is 2.33. The Morgan fingerprint density at radius 3 is 2.65 bits per heavy atom. The summed E-state index contributed by atoms with van der Waals surface area (Å²) >= 11 is 5.84. The van der Waals surface area contributed by atoms with Crippen molar-refractivity contribution in [2.75, 3.05) is 7.05 Å². The van der Waals surface area contributed by atoms with Crippen LogP contribution < -0.4 is 0 Å². The SMILES string of the molecule is CN(C1CCCC1)S(=O)(=O)c1cccnc1Cl. The Morgan fingerprint density at radius 1 is 1.41 bits per heavy atom. The number of hydrogen-bond acceptors (Lipinski definition) is 3. The van der Waals surface area contributed by atoms with E-state index in [-0.39, 0.29) is 16.1 Å². The van der Waals surface area contributed by atoms with Crippen LogP contribution in [0.5, 0.6) is 0 Å². The third-order valence-electron chi connectivity index (χ3n) is 3.22. The minimum atomic E-state index is -3.51. The highest BCUT2D eigenvalue weighted by atomic mass is 35.5. The molecule has 0 spiro atoms. The number of rotatable bonds is 3. The first kappa shape index (κ1) is 12.8. The zero-order valence-electron chi connectivity index (χ0n) is 9.63. The fraction of sp³-hybridized carbons (Fsp3) is 0.545. The van der Waals surface area contributed by atoms with E-state index in [0.717, 1.165) is 25.7 Å². The number of aromatic nitrogens is 1. The molecular formula is C11H15ClN2O2S. The molecule has 1 aromatic heterocycles. The maximum atomic E-state index is 12.3. The lowest BCUT2D eigenvalue weighted by molar-refractivity contribution is 0.373. The van der Waals surface area contributed by atoms with Gasteiger partial charge in [-0.3, -0.25) is 0 Å². The molecule has 4 nitrogen and oxygen atoms in total. The Bertz CT molecular complexity index is 498. The van der Waals surface area contributed by atoms with E-state index in [1.54, 1.807) is 13.1 Å². The molecule has 0 aromatic carbocycles. The lowest BCUT2D eigenvalue weighted by Crippen LogP contribution is -2.35. The van der Waals surface area contributed by atoms with Crippen LogP contribution in [0.15, 0.2) is 23.2 Å². The maximum Gasteiger partial charge on any atom is 0.246 e. The van der Waals surface area contributed by atoms with Crippen LogP contribution in [-0.4, -0.2) is 30.8 Å². The largest absolute Gasteiger partial charge is 0.246 e. The van der Waals surface area contributed by atoms with Gasteiger partial charge in [0.2, 0.25) is 10.0 Å². The molecule has 1 fully saturated rings. The first-order chi connectivity index (χ1) is 8.03. The molecule has 0 amide bonds. The lowest BCUT2D eigenvalue weighted by Gasteiger charge is -2.23. The van der Waals surface area contributed by atoms with Crippen LogP contribution in [0.2, 0.25) is 5.15 Å². The van der Waals surface area contributed by atoms with Crippen LogP contribution in [0.25, 0.3) is 0 Å². The van der Waals surface area contributed by atoms with Gasteiger partial charge in [-0.15, -0.1) is 0 Å². The van der Waals surface area contributed by atoms with Crippen molar-refractivity contribution in [2.24, 2.45) is 0 Å². The zero-order chi connectivity index (χ0) is 12.5. The third kappa shape index (κ3) is 2.46. The summed E-state index contributed by atoms with van der Waals surface area (Å²) in [5, 5.41) is 0.0392. The van der Waals surface area contributed by atoms with Gasteiger partial charge in [-0.1, -0.05) is 24.4 Å². The van der Waals surface area contributed by atoms with Gasteiger partial charge < -0.3 is 0 Å². The summed E-state index contributed by atoms with van der Waals surface area (Å²) in [6.45, 7) is 0. The first-order valence-electron chi connectivity index (χ1n) is 5.62. The molecule has 1 aliphatic carbocycles.